The van der Waals surface area contributed by atoms with Gasteiger partial charge in [-0.3, -0.25) is 0 Å². The van der Waals surface area contributed by atoms with Gasteiger partial charge in [0.05, 0.1) is 0 Å². The molecule has 1 rings (SSSR count). The zero-order chi connectivity index (χ0) is 13.4. The van der Waals surface area contributed by atoms with E-state index in [2.05, 4.69) is 36.1 Å². The second-order valence-electron chi connectivity index (χ2n) is 4.50. The predicted molar refractivity (Wildman–Crippen MR) is 79.1 cm³/mol. The molecule has 0 aliphatic carbocycles. The quantitative estimate of drug-likeness (QED) is 0.578. The van der Waals surface area contributed by atoms with Crippen LogP contribution >= 0.6 is 11.8 Å². The van der Waals surface area contributed by atoms with Crippen LogP contribution in [0.25, 0.3) is 0 Å². The minimum atomic E-state index is 0.548. The molecule has 0 aliphatic rings. The standard InChI is InChI=1S/C14H25N3S/c1-5-8-12(15-7-3)13(6-2)18-14-16-10-9-11(4)17-14/h9-10,12-13,15H,5-8H2,1-4H3. The third-order valence-corrected chi connectivity index (χ3v) is 4.32. The van der Waals surface area contributed by atoms with Crippen LogP contribution in [0.1, 0.15) is 45.7 Å². The van der Waals surface area contributed by atoms with Gasteiger partial charge in [0.1, 0.15) is 0 Å². The summed E-state index contributed by atoms with van der Waals surface area (Å²) in [5, 5.41) is 5.04. The smallest absolute Gasteiger partial charge is 0.188 e. The number of nitrogens with one attached hydrogen (secondary N) is 1. The Morgan fingerprint density at radius 2 is 2.11 bits per heavy atom. The Hall–Kier alpha value is -0.610. The second kappa shape index (κ2) is 8.48. The van der Waals surface area contributed by atoms with Crippen molar-refractivity contribution in [2.45, 2.75) is 63.4 Å². The molecule has 0 saturated heterocycles. The molecule has 1 N–H and O–H groups in total. The minimum Gasteiger partial charge on any atom is -0.313 e. The SMILES string of the molecule is CCCC(NCC)C(CC)Sc1nccc(C)n1. The lowest BCUT2D eigenvalue weighted by Crippen LogP contribution is -2.37. The third kappa shape index (κ3) is 4.94. The number of thioether (sulfide) groups is 1. The van der Waals surface area contributed by atoms with E-state index >= 15 is 0 Å². The molecular weight excluding hydrogens is 242 g/mol. The zero-order valence-electron chi connectivity index (χ0n) is 11.9. The van der Waals surface area contributed by atoms with E-state index in [-0.39, 0.29) is 0 Å². The number of nitrogens with zero attached hydrogens (tertiary/aromatic N) is 2. The van der Waals surface area contributed by atoms with Gasteiger partial charge < -0.3 is 5.32 Å². The Bertz CT molecular complexity index is 338. The first kappa shape index (κ1) is 15.4. The molecule has 1 heterocycles. The largest absolute Gasteiger partial charge is 0.313 e. The van der Waals surface area contributed by atoms with E-state index in [0.717, 1.165) is 23.8 Å². The van der Waals surface area contributed by atoms with Crippen molar-refractivity contribution in [3.63, 3.8) is 0 Å². The van der Waals surface area contributed by atoms with E-state index in [4.69, 9.17) is 0 Å². The Morgan fingerprint density at radius 1 is 1.33 bits per heavy atom. The summed E-state index contributed by atoms with van der Waals surface area (Å²) >= 11 is 1.81. The molecule has 0 radical (unpaired) electrons. The van der Waals surface area contributed by atoms with Crippen molar-refractivity contribution in [3.8, 4) is 0 Å². The molecule has 1 aromatic rings. The molecule has 1 aromatic heterocycles. The molecule has 0 spiro atoms. The Balaban J connectivity index is 2.69. The van der Waals surface area contributed by atoms with Crippen LogP contribution < -0.4 is 5.32 Å². The van der Waals surface area contributed by atoms with Crippen LogP contribution in [-0.2, 0) is 0 Å². The van der Waals surface area contributed by atoms with Crippen molar-refractivity contribution < 1.29 is 0 Å². The van der Waals surface area contributed by atoms with Gasteiger partial charge in [-0.15, -0.1) is 0 Å². The van der Waals surface area contributed by atoms with Crippen molar-refractivity contribution in [1.82, 2.24) is 15.3 Å². The first-order valence-corrected chi connectivity index (χ1v) is 7.78. The number of hydrogen-bond donors (Lipinski definition) is 1. The maximum absolute atomic E-state index is 4.49. The first-order valence-electron chi connectivity index (χ1n) is 6.90. The van der Waals surface area contributed by atoms with Gasteiger partial charge in [-0.2, -0.15) is 0 Å². The van der Waals surface area contributed by atoms with Gasteiger partial charge in [-0.05, 0) is 32.4 Å². The average molecular weight is 267 g/mol. The number of aromatic nitrogens is 2. The second-order valence-corrected chi connectivity index (χ2v) is 5.70. The molecule has 2 unspecified atom stereocenters. The zero-order valence-corrected chi connectivity index (χ0v) is 12.8. The lowest BCUT2D eigenvalue weighted by molar-refractivity contribution is 0.465. The highest BCUT2D eigenvalue weighted by molar-refractivity contribution is 7.99. The van der Waals surface area contributed by atoms with Crippen LogP contribution in [0.4, 0.5) is 0 Å². The fourth-order valence-electron chi connectivity index (χ4n) is 2.06. The fourth-order valence-corrected chi connectivity index (χ4v) is 3.21. The maximum Gasteiger partial charge on any atom is 0.188 e. The highest BCUT2D eigenvalue weighted by Gasteiger charge is 2.20. The van der Waals surface area contributed by atoms with E-state index in [9.17, 15) is 0 Å². The summed E-state index contributed by atoms with van der Waals surface area (Å²) in [5.74, 6) is 0. The molecule has 0 fully saturated rings. The van der Waals surface area contributed by atoms with Crippen molar-refractivity contribution in [1.29, 1.82) is 0 Å². The lowest BCUT2D eigenvalue weighted by Gasteiger charge is -2.25. The Kier molecular flexibility index (Phi) is 7.28. The molecule has 0 aromatic carbocycles. The third-order valence-electron chi connectivity index (χ3n) is 2.95. The van der Waals surface area contributed by atoms with Crippen LogP contribution in [0.2, 0.25) is 0 Å². The van der Waals surface area contributed by atoms with E-state index < -0.39 is 0 Å². The normalized spacial score (nSPS) is 14.4. The molecular formula is C14H25N3S. The summed E-state index contributed by atoms with van der Waals surface area (Å²) < 4.78 is 0. The van der Waals surface area contributed by atoms with E-state index in [1.54, 1.807) is 11.8 Å². The van der Waals surface area contributed by atoms with Crippen molar-refractivity contribution in [2.75, 3.05) is 6.54 Å². The van der Waals surface area contributed by atoms with Crippen molar-refractivity contribution in [2.24, 2.45) is 0 Å². The highest BCUT2D eigenvalue weighted by Crippen LogP contribution is 2.26. The van der Waals surface area contributed by atoms with Gasteiger partial charge in [0.25, 0.3) is 0 Å². The van der Waals surface area contributed by atoms with Crippen LogP contribution in [0.3, 0.4) is 0 Å². The van der Waals surface area contributed by atoms with Gasteiger partial charge in [-0.1, -0.05) is 39.0 Å². The molecule has 102 valence electrons. The summed E-state index contributed by atoms with van der Waals surface area (Å²) in [6, 6.07) is 2.50. The summed E-state index contributed by atoms with van der Waals surface area (Å²) in [4.78, 5) is 8.84. The van der Waals surface area contributed by atoms with Crippen LogP contribution in [0.15, 0.2) is 17.4 Å². The maximum atomic E-state index is 4.49. The summed E-state index contributed by atoms with van der Waals surface area (Å²) in [7, 11) is 0. The number of rotatable bonds is 8. The molecule has 0 bridgehead atoms. The van der Waals surface area contributed by atoms with Crippen LogP contribution in [0.5, 0.6) is 0 Å². The molecule has 2 atom stereocenters. The minimum absolute atomic E-state index is 0.548. The van der Waals surface area contributed by atoms with Gasteiger partial charge >= 0.3 is 0 Å². The molecule has 18 heavy (non-hydrogen) atoms. The van der Waals surface area contributed by atoms with Crippen molar-refractivity contribution >= 4 is 11.8 Å². The monoisotopic (exact) mass is 267 g/mol. The van der Waals surface area contributed by atoms with Crippen LogP contribution in [0, 0.1) is 6.92 Å². The summed E-state index contributed by atoms with van der Waals surface area (Å²) in [6.45, 7) is 9.69. The molecule has 4 heteroatoms. The molecule has 0 aliphatic heterocycles. The molecule has 0 saturated carbocycles. The van der Waals surface area contributed by atoms with Gasteiger partial charge in [0.15, 0.2) is 5.16 Å². The average Bonchev–Trinajstić information content (AvgIpc) is 2.36. The number of hydrogen-bond acceptors (Lipinski definition) is 4. The lowest BCUT2D eigenvalue weighted by atomic mass is 10.1. The van der Waals surface area contributed by atoms with Gasteiger partial charge in [-0.25, -0.2) is 9.97 Å². The topological polar surface area (TPSA) is 37.8 Å². The summed E-state index contributed by atoms with van der Waals surface area (Å²) in [5.41, 5.74) is 1.04. The van der Waals surface area contributed by atoms with Gasteiger partial charge in [0, 0.05) is 23.2 Å². The molecule has 3 nitrogen and oxygen atoms in total. The summed E-state index contributed by atoms with van der Waals surface area (Å²) in [6.07, 6.45) is 5.41. The van der Waals surface area contributed by atoms with E-state index in [1.807, 2.05) is 19.2 Å². The van der Waals surface area contributed by atoms with Crippen molar-refractivity contribution in [3.05, 3.63) is 18.0 Å². The van der Waals surface area contributed by atoms with E-state index in [1.165, 1.54) is 12.8 Å². The fraction of sp³-hybridized carbons (Fsp3) is 0.714. The van der Waals surface area contributed by atoms with Crippen LogP contribution in [-0.4, -0.2) is 27.8 Å². The Labute approximate surface area is 115 Å². The predicted octanol–water partition coefficient (Wildman–Crippen LogP) is 3.43. The highest BCUT2D eigenvalue weighted by atomic mass is 32.2. The Morgan fingerprint density at radius 3 is 2.67 bits per heavy atom. The first-order chi connectivity index (χ1) is 8.71. The number of aryl methyl sites for hydroxylation is 1. The van der Waals surface area contributed by atoms with Gasteiger partial charge in [0.2, 0.25) is 0 Å². The van der Waals surface area contributed by atoms with E-state index in [0.29, 0.717) is 11.3 Å². The molecule has 0 amide bonds.